The summed E-state index contributed by atoms with van der Waals surface area (Å²) in [5, 5.41) is 0. The van der Waals surface area contributed by atoms with Gasteiger partial charge < -0.3 is 10.6 Å². The zero-order valence-electron chi connectivity index (χ0n) is 10.8. The van der Waals surface area contributed by atoms with Gasteiger partial charge in [0.25, 0.3) is 0 Å². The van der Waals surface area contributed by atoms with Crippen LogP contribution in [0.3, 0.4) is 0 Å². The maximum absolute atomic E-state index is 13.9. The molecule has 1 aromatic rings. The van der Waals surface area contributed by atoms with Gasteiger partial charge in [-0.15, -0.1) is 0 Å². The van der Waals surface area contributed by atoms with Crippen LogP contribution >= 0.6 is 0 Å². The van der Waals surface area contributed by atoms with E-state index in [1.54, 1.807) is 0 Å². The van der Waals surface area contributed by atoms with E-state index in [1.807, 2.05) is 4.90 Å². The van der Waals surface area contributed by atoms with Gasteiger partial charge in [-0.2, -0.15) is 0 Å². The van der Waals surface area contributed by atoms with Crippen molar-refractivity contribution in [2.45, 2.75) is 25.3 Å². The Balaban J connectivity index is 1.86. The quantitative estimate of drug-likeness (QED) is 0.840. The lowest BCUT2D eigenvalue weighted by Crippen LogP contribution is -2.37. The van der Waals surface area contributed by atoms with Gasteiger partial charge in [0.15, 0.2) is 23.3 Å². The first-order chi connectivity index (χ1) is 9.15. The number of hydrogen-bond acceptors (Lipinski definition) is 4. The summed E-state index contributed by atoms with van der Waals surface area (Å²) in [6.07, 6.45) is 3.30. The van der Waals surface area contributed by atoms with Crippen LogP contribution in [0.5, 0.6) is 0 Å². The lowest BCUT2D eigenvalue weighted by atomic mass is 10.2. The number of nitrogens with two attached hydrogens (primary N) is 1. The molecule has 0 spiro atoms. The van der Waals surface area contributed by atoms with Crippen molar-refractivity contribution in [3.05, 3.63) is 17.7 Å². The van der Waals surface area contributed by atoms with E-state index < -0.39 is 11.6 Å². The van der Waals surface area contributed by atoms with Gasteiger partial charge in [0.2, 0.25) is 0 Å². The maximum Gasteiger partial charge on any atom is 0.168 e. The summed E-state index contributed by atoms with van der Waals surface area (Å²) in [7, 11) is 0. The van der Waals surface area contributed by atoms with E-state index in [0.717, 1.165) is 45.1 Å². The molecule has 2 aliphatic heterocycles. The Bertz CT molecular complexity index is 480. The van der Waals surface area contributed by atoms with E-state index >= 15 is 0 Å². The molecule has 2 N–H and O–H groups in total. The average molecular weight is 268 g/mol. The summed E-state index contributed by atoms with van der Waals surface area (Å²) in [5.74, 6) is -1.46. The number of anilines is 2. The highest BCUT2D eigenvalue weighted by Crippen LogP contribution is 2.26. The molecule has 0 saturated carbocycles. The minimum Gasteiger partial charge on any atom is -0.381 e. The third-order valence-corrected chi connectivity index (χ3v) is 4.04. The minimum atomic E-state index is -0.793. The van der Waals surface area contributed by atoms with Crippen molar-refractivity contribution in [3.63, 3.8) is 0 Å². The predicted octanol–water partition coefficient (Wildman–Crippen LogP) is 1.62. The standard InChI is InChI=1S/C13H18F2N4/c14-10-7-11(15)13(17-12(10)16)19-6-2-5-18-4-1-3-9(18)8-19/h7,9H,1-6,8H2,(H2,16,17). The smallest absolute Gasteiger partial charge is 0.168 e. The molecule has 1 unspecified atom stereocenters. The molecule has 6 heteroatoms. The van der Waals surface area contributed by atoms with Gasteiger partial charge in [-0.25, -0.2) is 13.8 Å². The van der Waals surface area contributed by atoms with E-state index in [0.29, 0.717) is 6.04 Å². The summed E-state index contributed by atoms with van der Waals surface area (Å²) >= 11 is 0. The van der Waals surface area contributed by atoms with Crippen LogP contribution in [0.15, 0.2) is 6.07 Å². The molecule has 2 fully saturated rings. The minimum absolute atomic E-state index is 0.188. The third kappa shape index (κ3) is 2.36. The second kappa shape index (κ2) is 4.92. The number of hydrogen-bond donors (Lipinski definition) is 1. The SMILES string of the molecule is Nc1nc(N2CCCN3CCCC3C2)c(F)cc1F. The fourth-order valence-corrected chi connectivity index (χ4v) is 3.09. The van der Waals surface area contributed by atoms with Gasteiger partial charge in [-0.05, 0) is 25.8 Å². The van der Waals surface area contributed by atoms with E-state index in [9.17, 15) is 8.78 Å². The second-order valence-corrected chi connectivity index (χ2v) is 5.29. The highest BCUT2D eigenvalue weighted by atomic mass is 19.1. The van der Waals surface area contributed by atoms with Crippen molar-refractivity contribution < 1.29 is 8.78 Å². The number of nitrogen functional groups attached to an aromatic ring is 1. The molecule has 2 aliphatic rings. The fraction of sp³-hybridized carbons (Fsp3) is 0.615. The molecule has 3 rings (SSSR count). The zero-order valence-corrected chi connectivity index (χ0v) is 10.8. The first kappa shape index (κ1) is 12.6. The summed E-state index contributed by atoms with van der Waals surface area (Å²) in [6.45, 7) is 3.65. The molecule has 0 bridgehead atoms. The van der Waals surface area contributed by atoms with Crippen molar-refractivity contribution in [3.8, 4) is 0 Å². The molecule has 3 heterocycles. The Kier molecular flexibility index (Phi) is 3.26. The Morgan fingerprint density at radius 1 is 1.16 bits per heavy atom. The van der Waals surface area contributed by atoms with E-state index in [1.165, 1.54) is 6.42 Å². The predicted molar refractivity (Wildman–Crippen MR) is 70.0 cm³/mol. The van der Waals surface area contributed by atoms with Crippen LogP contribution < -0.4 is 10.6 Å². The number of aromatic nitrogens is 1. The van der Waals surface area contributed by atoms with Crippen molar-refractivity contribution in [1.29, 1.82) is 0 Å². The average Bonchev–Trinajstić information content (AvgIpc) is 2.71. The van der Waals surface area contributed by atoms with Crippen molar-refractivity contribution in [2.24, 2.45) is 0 Å². The van der Waals surface area contributed by atoms with Crippen molar-refractivity contribution >= 4 is 11.6 Å². The summed E-state index contributed by atoms with van der Waals surface area (Å²) < 4.78 is 27.0. The zero-order chi connectivity index (χ0) is 13.4. The Morgan fingerprint density at radius 2 is 1.95 bits per heavy atom. The summed E-state index contributed by atoms with van der Waals surface area (Å²) in [4.78, 5) is 8.24. The van der Waals surface area contributed by atoms with Crippen molar-refractivity contribution in [2.75, 3.05) is 36.8 Å². The van der Waals surface area contributed by atoms with Gasteiger partial charge in [-0.3, -0.25) is 4.90 Å². The Hall–Kier alpha value is -1.43. The number of pyridine rings is 1. The molecule has 0 amide bonds. The van der Waals surface area contributed by atoms with Crippen LogP contribution in [0.1, 0.15) is 19.3 Å². The van der Waals surface area contributed by atoms with Gasteiger partial charge in [0, 0.05) is 31.7 Å². The molecule has 1 atom stereocenters. The molecular formula is C13H18F2N4. The molecule has 0 aliphatic carbocycles. The van der Waals surface area contributed by atoms with Crippen LogP contribution in [0.2, 0.25) is 0 Å². The molecule has 1 aromatic heterocycles. The van der Waals surface area contributed by atoms with Crippen LogP contribution in [-0.2, 0) is 0 Å². The van der Waals surface area contributed by atoms with Crippen LogP contribution in [-0.4, -0.2) is 42.1 Å². The lowest BCUT2D eigenvalue weighted by molar-refractivity contribution is 0.273. The van der Waals surface area contributed by atoms with Crippen LogP contribution in [0.4, 0.5) is 20.4 Å². The lowest BCUT2D eigenvalue weighted by Gasteiger charge is -2.26. The number of rotatable bonds is 1. The molecular weight excluding hydrogens is 250 g/mol. The van der Waals surface area contributed by atoms with Gasteiger partial charge in [0.05, 0.1) is 0 Å². The van der Waals surface area contributed by atoms with Gasteiger partial charge in [0.1, 0.15) is 0 Å². The van der Waals surface area contributed by atoms with Crippen molar-refractivity contribution in [1.82, 2.24) is 9.88 Å². The van der Waals surface area contributed by atoms with E-state index in [4.69, 9.17) is 5.73 Å². The molecule has 0 aromatic carbocycles. The van der Waals surface area contributed by atoms with Gasteiger partial charge in [-0.1, -0.05) is 0 Å². The molecule has 104 valence electrons. The van der Waals surface area contributed by atoms with Gasteiger partial charge >= 0.3 is 0 Å². The second-order valence-electron chi connectivity index (χ2n) is 5.29. The Morgan fingerprint density at radius 3 is 2.79 bits per heavy atom. The topological polar surface area (TPSA) is 45.4 Å². The molecule has 2 saturated heterocycles. The molecule has 19 heavy (non-hydrogen) atoms. The van der Waals surface area contributed by atoms with E-state index in [2.05, 4.69) is 9.88 Å². The van der Waals surface area contributed by atoms with Crippen LogP contribution in [0, 0.1) is 11.6 Å². The number of fused-ring (bicyclic) bond motifs is 1. The summed E-state index contributed by atoms with van der Waals surface area (Å²) in [6, 6.07) is 1.28. The first-order valence-corrected chi connectivity index (χ1v) is 6.75. The van der Waals surface area contributed by atoms with E-state index in [-0.39, 0.29) is 11.6 Å². The first-order valence-electron chi connectivity index (χ1n) is 6.75. The van der Waals surface area contributed by atoms with Crippen LogP contribution in [0.25, 0.3) is 0 Å². The summed E-state index contributed by atoms with van der Waals surface area (Å²) in [5.41, 5.74) is 5.45. The molecule has 4 nitrogen and oxygen atoms in total. The number of halogens is 2. The fourth-order valence-electron chi connectivity index (χ4n) is 3.09. The number of nitrogens with zero attached hydrogens (tertiary/aromatic N) is 3. The normalized spacial score (nSPS) is 24.3. The highest BCUT2D eigenvalue weighted by Gasteiger charge is 2.30. The largest absolute Gasteiger partial charge is 0.381 e. The maximum atomic E-state index is 13.9. The highest BCUT2D eigenvalue weighted by molar-refractivity contribution is 5.47. The third-order valence-electron chi connectivity index (χ3n) is 4.04. The Labute approximate surface area is 111 Å². The molecule has 0 radical (unpaired) electrons. The monoisotopic (exact) mass is 268 g/mol.